The van der Waals surface area contributed by atoms with Crippen LogP contribution in [0.25, 0.3) is 0 Å². The van der Waals surface area contributed by atoms with Crippen molar-refractivity contribution >= 4 is 5.91 Å². The Kier molecular flexibility index (Phi) is 4.35. The number of aromatic amines is 1. The van der Waals surface area contributed by atoms with Gasteiger partial charge in [-0.2, -0.15) is 0 Å². The average molecular weight is 270 g/mol. The van der Waals surface area contributed by atoms with Crippen LogP contribution in [0.1, 0.15) is 41.4 Å². The Morgan fingerprint density at radius 2 is 1.90 bits per heavy atom. The molecule has 4 nitrogen and oxygen atoms in total. The summed E-state index contributed by atoms with van der Waals surface area (Å²) in [6.45, 7) is 4.04. The summed E-state index contributed by atoms with van der Waals surface area (Å²) >= 11 is 0. The second kappa shape index (κ2) is 6.19. The predicted octanol–water partition coefficient (Wildman–Crippen LogP) is 2.43. The van der Waals surface area contributed by atoms with Gasteiger partial charge in [0, 0.05) is 12.3 Å². The van der Waals surface area contributed by atoms with Crippen LogP contribution in [-0.4, -0.2) is 10.9 Å². The summed E-state index contributed by atoms with van der Waals surface area (Å²) in [6.07, 6.45) is 2.42. The van der Waals surface area contributed by atoms with Crippen molar-refractivity contribution in [1.82, 2.24) is 10.3 Å². The van der Waals surface area contributed by atoms with E-state index in [1.807, 2.05) is 19.1 Å². The normalized spacial score (nSPS) is 11.9. The first-order valence-electron chi connectivity index (χ1n) is 6.68. The van der Waals surface area contributed by atoms with Crippen molar-refractivity contribution in [3.8, 4) is 0 Å². The molecule has 0 aliphatic rings. The van der Waals surface area contributed by atoms with Crippen molar-refractivity contribution in [1.29, 1.82) is 0 Å². The molecule has 4 heteroatoms. The molecule has 0 radical (unpaired) electrons. The van der Waals surface area contributed by atoms with Crippen molar-refractivity contribution in [2.45, 2.75) is 26.3 Å². The molecule has 0 spiro atoms. The van der Waals surface area contributed by atoms with Gasteiger partial charge in [-0.15, -0.1) is 0 Å². The third kappa shape index (κ3) is 3.35. The summed E-state index contributed by atoms with van der Waals surface area (Å²) in [5.41, 5.74) is 2.55. The van der Waals surface area contributed by atoms with E-state index < -0.39 is 0 Å². The van der Waals surface area contributed by atoms with Crippen LogP contribution in [-0.2, 0) is 6.42 Å². The molecule has 1 aromatic heterocycles. The number of carbonyl (C=O) groups is 1. The zero-order chi connectivity index (χ0) is 14.5. The van der Waals surface area contributed by atoms with Gasteiger partial charge in [-0.05, 0) is 30.5 Å². The number of carbonyl (C=O) groups excluding carboxylic acids is 1. The third-order valence-corrected chi connectivity index (χ3v) is 3.28. The highest BCUT2D eigenvalue weighted by molar-refractivity contribution is 5.94. The Morgan fingerprint density at radius 1 is 1.20 bits per heavy atom. The number of benzene rings is 1. The Bertz CT molecular complexity index is 624. The van der Waals surface area contributed by atoms with Gasteiger partial charge in [-0.3, -0.25) is 9.59 Å². The maximum Gasteiger partial charge on any atom is 0.253 e. The van der Waals surface area contributed by atoms with Crippen LogP contribution in [0.15, 0.2) is 47.4 Å². The smallest absolute Gasteiger partial charge is 0.253 e. The van der Waals surface area contributed by atoms with E-state index in [1.165, 1.54) is 23.9 Å². The standard InChI is InChI=1S/C16H18N2O2/c1-3-12-4-6-13(7-5-12)11(2)18-16(20)14-8-9-15(19)17-10-14/h4-11H,3H2,1-2H3,(H,17,19)(H,18,20)/t11-/m1/s1. The van der Waals surface area contributed by atoms with Crippen LogP contribution in [0.2, 0.25) is 0 Å². The first-order chi connectivity index (χ1) is 9.60. The van der Waals surface area contributed by atoms with E-state index in [0.717, 1.165) is 12.0 Å². The minimum atomic E-state index is -0.218. The lowest BCUT2D eigenvalue weighted by Gasteiger charge is -2.14. The average Bonchev–Trinajstić information content (AvgIpc) is 2.48. The van der Waals surface area contributed by atoms with Gasteiger partial charge in [0.25, 0.3) is 5.91 Å². The first kappa shape index (κ1) is 14.1. The van der Waals surface area contributed by atoms with E-state index in [2.05, 4.69) is 29.4 Å². The minimum absolute atomic E-state index is 0.0830. The fourth-order valence-corrected chi connectivity index (χ4v) is 1.96. The molecule has 1 heterocycles. The Hall–Kier alpha value is -2.36. The molecule has 0 bridgehead atoms. The number of H-pyrrole nitrogens is 1. The molecule has 0 fully saturated rings. The molecule has 0 unspecified atom stereocenters. The second-order valence-electron chi connectivity index (χ2n) is 4.73. The number of aromatic nitrogens is 1. The van der Waals surface area contributed by atoms with Crippen molar-refractivity contribution in [3.05, 3.63) is 69.6 Å². The molecule has 20 heavy (non-hydrogen) atoms. The van der Waals surface area contributed by atoms with Crippen molar-refractivity contribution in [2.24, 2.45) is 0 Å². The van der Waals surface area contributed by atoms with Crippen LogP contribution >= 0.6 is 0 Å². The Balaban J connectivity index is 2.06. The van der Waals surface area contributed by atoms with Gasteiger partial charge in [0.2, 0.25) is 5.56 Å². The van der Waals surface area contributed by atoms with Crippen LogP contribution in [0, 0.1) is 0 Å². The molecular formula is C16H18N2O2. The molecule has 0 aliphatic heterocycles. The van der Waals surface area contributed by atoms with Crippen LogP contribution in [0.3, 0.4) is 0 Å². The predicted molar refractivity (Wildman–Crippen MR) is 78.8 cm³/mol. The quantitative estimate of drug-likeness (QED) is 0.896. The summed E-state index contributed by atoms with van der Waals surface area (Å²) in [5.74, 6) is -0.201. The highest BCUT2D eigenvalue weighted by atomic mass is 16.2. The second-order valence-corrected chi connectivity index (χ2v) is 4.73. The fraction of sp³-hybridized carbons (Fsp3) is 0.250. The number of hydrogen-bond acceptors (Lipinski definition) is 2. The molecule has 0 saturated heterocycles. The first-order valence-corrected chi connectivity index (χ1v) is 6.68. The van der Waals surface area contributed by atoms with E-state index in [-0.39, 0.29) is 17.5 Å². The lowest BCUT2D eigenvalue weighted by atomic mass is 10.0. The van der Waals surface area contributed by atoms with Gasteiger partial charge in [-0.1, -0.05) is 31.2 Å². The van der Waals surface area contributed by atoms with Gasteiger partial charge in [0.1, 0.15) is 0 Å². The fourth-order valence-electron chi connectivity index (χ4n) is 1.96. The number of aryl methyl sites for hydroxylation is 1. The molecule has 0 aliphatic carbocycles. The topological polar surface area (TPSA) is 62.0 Å². The largest absolute Gasteiger partial charge is 0.345 e. The molecule has 1 amide bonds. The lowest BCUT2D eigenvalue weighted by molar-refractivity contribution is 0.0939. The van der Waals surface area contributed by atoms with Crippen molar-refractivity contribution in [2.75, 3.05) is 0 Å². The van der Waals surface area contributed by atoms with E-state index in [0.29, 0.717) is 5.56 Å². The molecule has 2 aromatic rings. The molecule has 1 aromatic carbocycles. The summed E-state index contributed by atoms with van der Waals surface area (Å²) < 4.78 is 0. The monoisotopic (exact) mass is 270 g/mol. The van der Waals surface area contributed by atoms with Crippen molar-refractivity contribution in [3.63, 3.8) is 0 Å². The summed E-state index contributed by atoms with van der Waals surface area (Å²) in [4.78, 5) is 25.5. The lowest BCUT2D eigenvalue weighted by Crippen LogP contribution is -2.27. The number of nitrogens with one attached hydrogen (secondary N) is 2. The van der Waals surface area contributed by atoms with Crippen LogP contribution in [0.5, 0.6) is 0 Å². The Morgan fingerprint density at radius 3 is 2.45 bits per heavy atom. The van der Waals surface area contributed by atoms with Gasteiger partial charge in [-0.25, -0.2) is 0 Å². The van der Waals surface area contributed by atoms with E-state index in [1.54, 1.807) is 0 Å². The Labute approximate surface area is 117 Å². The van der Waals surface area contributed by atoms with Crippen LogP contribution in [0.4, 0.5) is 0 Å². The molecule has 1 atom stereocenters. The third-order valence-electron chi connectivity index (χ3n) is 3.28. The highest BCUT2D eigenvalue weighted by Gasteiger charge is 2.11. The SMILES string of the molecule is CCc1ccc([C@@H](C)NC(=O)c2ccc(=O)[nH]c2)cc1. The minimum Gasteiger partial charge on any atom is -0.345 e. The van der Waals surface area contributed by atoms with Crippen LogP contribution < -0.4 is 10.9 Å². The number of pyridine rings is 1. The summed E-state index contributed by atoms with van der Waals surface area (Å²) in [7, 11) is 0. The maximum atomic E-state index is 12.0. The van der Waals surface area contributed by atoms with E-state index in [4.69, 9.17) is 0 Å². The van der Waals surface area contributed by atoms with E-state index in [9.17, 15) is 9.59 Å². The molecular weight excluding hydrogens is 252 g/mol. The summed E-state index contributed by atoms with van der Waals surface area (Å²) in [6, 6.07) is 11.0. The molecule has 104 valence electrons. The van der Waals surface area contributed by atoms with E-state index >= 15 is 0 Å². The molecule has 0 saturated carbocycles. The zero-order valence-corrected chi connectivity index (χ0v) is 11.6. The molecule has 2 rings (SSSR count). The number of amides is 1. The number of hydrogen-bond donors (Lipinski definition) is 2. The number of rotatable bonds is 4. The van der Waals surface area contributed by atoms with Gasteiger partial charge >= 0.3 is 0 Å². The highest BCUT2D eigenvalue weighted by Crippen LogP contribution is 2.14. The summed E-state index contributed by atoms with van der Waals surface area (Å²) in [5, 5.41) is 2.91. The molecule has 2 N–H and O–H groups in total. The van der Waals surface area contributed by atoms with Gasteiger partial charge in [0.15, 0.2) is 0 Å². The van der Waals surface area contributed by atoms with Crippen molar-refractivity contribution < 1.29 is 4.79 Å². The van der Waals surface area contributed by atoms with Gasteiger partial charge in [0.05, 0.1) is 11.6 Å². The van der Waals surface area contributed by atoms with Gasteiger partial charge < -0.3 is 10.3 Å². The zero-order valence-electron chi connectivity index (χ0n) is 11.6. The maximum absolute atomic E-state index is 12.0.